The molecule has 0 saturated heterocycles. The van der Waals surface area contributed by atoms with Crippen molar-refractivity contribution in [3.63, 3.8) is 0 Å². The second-order valence-electron chi connectivity index (χ2n) is 6.44. The van der Waals surface area contributed by atoms with Crippen molar-refractivity contribution in [3.8, 4) is 0 Å². The molecule has 1 rings (SSSR count). The first kappa shape index (κ1) is 18.4. The van der Waals surface area contributed by atoms with Crippen molar-refractivity contribution >= 4 is 11.8 Å². The van der Waals surface area contributed by atoms with Gasteiger partial charge in [0.2, 0.25) is 0 Å². The molecule has 1 saturated carbocycles. The van der Waals surface area contributed by atoms with Gasteiger partial charge in [0.15, 0.2) is 0 Å². The minimum absolute atomic E-state index is 0.0168. The molecule has 1 aliphatic carbocycles. The fraction of sp³-hybridized carbons (Fsp3) is 1.00. The maximum absolute atomic E-state index is 9.91. The lowest BCUT2D eigenvalue weighted by Gasteiger charge is -2.26. The lowest BCUT2D eigenvalue weighted by molar-refractivity contribution is 0.137. The molecule has 0 bridgehead atoms. The first-order chi connectivity index (χ1) is 9.84. The first-order valence-corrected chi connectivity index (χ1v) is 10.2. The maximum Gasteiger partial charge on any atom is 0.0658 e. The summed E-state index contributed by atoms with van der Waals surface area (Å²) in [6, 6.07) is 0. The summed E-state index contributed by atoms with van der Waals surface area (Å²) in [5, 5.41) is 10.5. The number of aliphatic hydroxyl groups is 1. The highest BCUT2D eigenvalue weighted by atomic mass is 32.2. The van der Waals surface area contributed by atoms with Crippen molar-refractivity contribution in [2.45, 2.75) is 108 Å². The van der Waals surface area contributed by atoms with Gasteiger partial charge >= 0.3 is 0 Å². The predicted octanol–water partition coefficient (Wildman–Crippen LogP) is 5.94. The maximum atomic E-state index is 9.91. The van der Waals surface area contributed by atoms with E-state index in [9.17, 15) is 5.11 Å². The first-order valence-electron chi connectivity index (χ1n) is 9.14. The molecule has 20 heavy (non-hydrogen) atoms. The Morgan fingerprint density at radius 3 is 1.95 bits per heavy atom. The Bertz CT molecular complexity index is 208. The Hall–Kier alpha value is 0.310. The number of aliphatic hydroxyl groups excluding tert-OH is 1. The third-order valence-corrected chi connectivity index (χ3v) is 6.00. The van der Waals surface area contributed by atoms with E-state index < -0.39 is 0 Å². The molecule has 0 radical (unpaired) electrons. The minimum Gasteiger partial charge on any atom is -0.392 e. The number of hydrogen-bond donors (Lipinski definition) is 1. The highest BCUT2D eigenvalue weighted by molar-refractivity contribution is 7.99. The largest absolute Gasteiger partial charge is 0.392 e. The van der Waals surface area contributed by atoms with Crippen LogP contribution in [0.15, 0.2) is 0 Å². The fourth-order valence-electron chi connectivity index (χ4n) is 3.10. The number of thioether (sulfide) groups is 1. The van der Waals surface area contributed by atoms with Crippen molar-refractivity contribution in [3.05, 3.63) is 0 Å². The molecule has 1 N–H and O–H groups in total. The molecule has 1 fully saturated rings. The van der Waals surface area contributed by atoms with Crippen molar-refractivity contribution < 1.29 is 5.11 Å². The molecule has 0 heterocycles. The van der Waals surface area contributed by atoms with Crippen LogP contribution in [-0.4, -0.2) is 22.2 Å². The van der Waals surface area contributed by atoms with Crippen molar-refractivity contribution in [2.75, 3.05) is 5.75 Å². The van der Waals surface area contributed by atoms with E-state index in [1.807, 2.05) is 11.8 Å². The van der Waals surface area contributed by atoms with Crippen LogP contribution in [0.4, 0.5) is 0 Å². The van der Waals surface area contributed by atoms with E-state index in [0.29, 0.717) is 5.25 Å². The highest BCUT2D eigenvalue weighted by Gasteiger charge is 2.22. The van der Waals surface area contributed by atoms with E-state index in [-0.39, 0.29) is 6.10 Å². The molecular formula is C18H36OS. The van der Waals surface area contributed by atoms with E-state index in [1.54, 1.807) is 0 Å². The number of unbranched alkanes of at least 4 members (excludes halogenated alkanes) is 9. The molecule has 0 aromatic rings. The molecule has 0 aliphatic heterocycles. The molecule has 0 aromatic heterocycles. The van der Waals surface area contributed by atoms with Crippen molar-refractivity contribution in [1.82, 2.24) is 0 Å². The molecule has 2 heteroatoms. The average molecular weight is 301 g/mol. The van der Waals surface area contributed by atoms with Gasteiger partial charge in [-0.05, 0) is 25.0 Å². The zero-order chi connectivity index (χ0) is 14.5. The van der Waals surface area contributed by atoms with Crippen LogP contribution >= 0.6 is 11.8 Å². The van der Waals surface area contributed by atoms with Crippen LogP contribution in [-0.2, 0) is 0 Å². The topological polar surface area (TPSA) is 20.2 Å². The third kappa shape index (κ3) is 9.28. The van der Waals surface area contributed by atoms with Crippen LogP contribution in [0, 0.1) is 0 Å². The van der Waals surface area contributed by atoms with Crippen LogP contribution in [0.5, 0.6) is 0 Å². The van der Waals surface area contributed by atoms with Crippen molar-refractivity contribution in [2.24, 2.45) is 0 Å². The Balaban J connectivity index is 1.78. The molecule has 0 amide bonds. The van der Waals surface area contributed by atoms with Gasteiger partial charge in [-0.3, -0.25) is 0 Å². The van der Waals surface area contributed by atoms with E-state index in [1.165, 1.54) is 89.2 Å². The van der Waals surface area contributed by atoms with Crippen LogP contribution in [0.1, 0.15) is 96.8 Å². The number of hydrogen-bond acceptors (Lipinski definition) is 2. The van der Waals surface area contributed by atoms with Crippen LogP contribution in [0.2, 0.25) is 0 Å². The normalized spacial score (nSPS) is 23.1. The summed E-state index contributed by atoms with van der Waals surface area (Å²) in [5.74, 6) is 1.26. The van der Waals surface area contributed by atoms with E-state index in [2.05, 4.69) is 6.92 Å². The Morgan fingerprint density at radius 1 is 0.800 bits per heavy atom. The molecule has 0 unspecified atom stereocenters. The molecular weight excluding hydrogens is 264 g/mol. The molecule has 1 nitrogen and oxygen atoms in total. The van der Waals surface area contributed by atoms with Gasteiger partial charge in [-0.2, -0.15) is 11.8 Å². The Labute approximate surface area is 131 Å². The molecule has 2 atom stereocenters. The molecule has 0 aromatic carbocycles. The lowest BCUT2D eigenvalue weighted by atomic mass is 9.97. The Kier molecular flexibility index (Phi) is 11.9. The standard InChI is InChI=1S/C18H36OS/c1-2-3-4-5-6-7-8-9-10-13-16-20-18-15-12-11-14-17(18)19/h17-19H,2-16H2,1H3/t17-,18-/m0/s1. The monoisotopic (exact) mass is 300 g/mol. The van der Waals surface area contributed by atoms with Gasteiger partial charge in [-0.1, -0.05) is 77.6 Å². The smallest absolute Gasteiger partial charge is 0.0658 e. The average Bonchev–Trinajstić information content (AvgIpc) is 2.46. The zero-order valence-electron chi connectivity index (χ0n) is 13.6. The van der Waals surface area contributed by atoms with E-state index in [4.69, 9.17) is 0 Å². The number of rotatable bonds is 12. The van der Waals surface area contributed by atoms with Gasteiger partial charge in [-0.25, -0.2) is 0 Å². The van der Waals surface area contributed by atoms with Gasteiger partial charge in [-0.15, -0.1) is 0 Å². The van der Waals surface area contributed by atoms with Gasteiger partial charge in [0.25, 0.3) is 0 Å². The van der Waals surface area contributed by atoms with Crippen molar-refractivity contribution in [1.29, 1.82) is 0 Å². The third-order valence-electron chi connectivity index (χ3n) is 4.50. The summed E-state index contributed by atoms with van der Waals surface area (Å²) >= 11 is 2.03. The van der Waals surface area contributed by atoms with E-state index >= 15 is 0 Å². The summed E-state index contributed by atoms with van der Waals surface area (Å²) in [6.45, 7) is 2.28. The summed E-state index contributed by atoms with van der Waals surface area (Å²) in [4.78, 5) is 0. The zero-order valence-corrected chi connectivity index (χ0v) is 14.4. The predicted molar refractivity (Wildman–Crippen MR) is 92.6 cm³/mol. The SMILES string of the molecule is CCCCCCCCCCCCS[C@H]1CCCC[C@@H]1O. The van der Waals surface area contributed by atoms with Gasteiger partial charge in [0, 0.05) is 5.25 Å². The summed E-state index contributed by atoms with van der Waals surface area (Å²) in [5.41, 5.74) is 0. The minimum atomic E-state index is -0.0168. The fourth-order valence-corrected chi connectivity index (χ4v) is 4.46. The summed E-state index contributed by atoms with van der Waals surface area (Å²) < 4.78 is 0. The molecule has 0 spiro atoms. The summed E-state index contributed by atoms with van der Waals surface area (Å²) in [7, 11) is 0. The second kappa shape index (κ2) is 13.0. The van der Waals surface area contributed by atoms with Crippen LogP contribution < -0.4 is 0 Å². The quantitative estimate of drug-likeness (QED) is 0.450. The molecule has 120 valence electrons. The lowest BCUT2D eigenvalue weighted by Crippen LogP contribution is -2.27. The highest BCUT2D eigenvalue weighted by Crippen LogP contribution is 2.29. The van der Waals surface area contributed by atoms with Crippen LogP contribution in [0.25, 0.3) is 0 Å². The molecule has 1 aliphatic rings. The van der Waals surface area contributed by atoms with Gasteiger partial charge in [0.1, 0.15) is 0 Å². The van der Waals surface area contributed by atoms with E-state index in [0.717, 1.165) is 6.42 Å². The van der Waals surface area contributed by atoms with Gasteiger partial charge in [0.05, 0.1) is 6.10 Å². The second-order valence-corrected chi connectivity index (χ2v) is 7.79. The Morgan fingerprint density at radius 2 is 1.35 bits per heavy atom. The summed E-state index contributed by atoms with van der Waals surface area (Å²) in [6.07, 6.45) is 19.0. The van der Waals surface area contributed by atoms with Crippen LogP contribution in [0.3, 0.4) is 0 Å². The van der Waals surface area contributed by atoms with Gasteiger partial charge < -0.3 is 5.11 Å².